The minimum absolute atomic E-state index is 0. The molecule has 1 aromatic carbocycles. The predicted molar refractivity (Wildman–Crippen MR) is 98.9 cm³/mol. The molecular weight excluding hydrogens is 342 g/mol. The molecule has 0 fully saturated rings. The summed E-state index contributed by atoms with van der Waals surface area (Å²) in [6.07, 6.45) is 1.86. The number of nitrogens with zero attached hydrogens (tertiary/aromatic N) is 1. The molecule has 0 aliphatic carbocycles. The molecule has 2 amide bonds. The van der Waals surface area contributed by atoms with Gasteiger partial charge in [0.15, 0.2) is 5.76 Å². The number of hydrogen-bond acceptors (Lipinski definition) is 4. The number of carbonyl (C=O) groups excluding carboxylic acids is 2. The van der Waals surface area contributed by atoms with Crippen molar-refractivity contribution in [3.8, 4) is 0 Å². The molecule has 6 nitrogen and oxygen atoms in total. The molecule has 0 radical (unpaired) electrons. The number of amides is 2. The van der Waals surface area contributed by atoms with Crippen LogP contribution in [0.2, 0.25) is 0 Å². The summed E-state index contributed by atoms with van der Waals surface area (Å²) >= 11 is 0. The van der Waals surface area contributed by atoms with E-state index in [0.717, 1.165) is 5.56 Å². The fourth-order valence-electron chi connectivity index (χ4n) is 2.34. The average Bonchev–Trinajstić information content (AvgIpc) is 3.14. The van der Waals surface area contributed by atoms with E-state index in [9.17, 15) is 9.59 Å². The SMILES string of the molecule is CNCCN(C)C(=O)C(Cc1ccccc1)NC(=O)c1ccco1.Cl. The third kappa shape index (κ3) is 6.25. The lowest BCUT2D eigenvalue weighted by Crippen LogP contribution is -2.49. The molecular formula is C18H24ClN3O3. The Bertz CT molecular complexity index is 647. The second kappa shape index (κ2) is 10.5. The van der Waals surface area contributed by atoms with E-state index >= 15 is 0 Å². The Morgan fingerprint density at radius 1 is 1.16 bits per heavy atom. The van der Waals surface area contributed by atoms with Crippen LogP contribution >= 0.6 is 12.4 Å². The van der Waals surface area contributed by atoms with Gasteiger partial charge in [-0.1, -0.05) is 30.3 Å². The van der Waals surface area contributed by atoms with Crippen molar-refractivity contribution in [3.05, 3.63) is 60.1 Å². The first-order valence-electron chi connectivity index (χ1n) is 7.89. The summed E-state index contributed by atoms with van der Waals surface area (Å²) in [7, 11) is 3.56. The number of hydrogen-bond donors (Lipinski definition) is 2. The maximum Gasteiger partial charge on any atom is 0.287 e. The number of carbonyl (C=O) groups is 2. The van der Waals surface area contributed by atoms with Crippen LogP contribution in [0.1, 0.15) is 16.1 Å². The molecule has 7 heteroatoms. The van der Waals surface area contributed by atoms with Gasteiger partial charge >= 0.3 is 0 Å². The molecule has 0 bridgehead atoms. The van der Waals surface area contributed by atoms with E-state index in [0.29, 0.717) is 19.5 Å². The van der Waals surface area contributed by atoms with Crippen LogP contribution in [0.25, 0.3) is 0 Å². The smallest absolute Gasteiger partial charge is 0.287 e. The predicted octanol–water partition coefficient (Wildman–Crippen LogP) is 1.72. The Morgan fingerprint density at radius 2 is 1.88 bits per heavy atom. The molecule has 1 unspecified atom stereocenters. The zero-order chi connectivity index (χ0) is 17.4. The molecule has 0 spiro atoms. The first-order chi connectivity index (χ1) is 11.6. The Balaban J connectivity index is 0.00000312. The van der Waals surface area contributed by atoms with Gasteiger partial charge in [-0.25, -0.2) is 0 Å². The summed E-state index contributed by atoms with van der Waals surface area (Å²) in [4.78, 5) is 26.6. The maximum atomic E-state index is 12.7. The van der Waals surface area contributed by atoms with Gasteiger partial charge in [0, 0.05) is 26.6 Å². The van der Waals surface area contributed by atoms with Gasteiger partial charge in [-0.3, -0.25) is 9.59 Å². The van der Waals surface area contributed by atoms with E-state index < -0.39 is 11.9 Å². The summed E-state index contributed by atoms with van der Waals surface area (Å²) in [6, 6.07) is 12.2. The second-order valence-electron chi connectivity index (χ2n) is 5.56. The summed E-state index contributed by atoms with van der Waals surface area (Å²) in [5, 5.41) is 5.79. The van der Waals surface area contributed by atoms with Gasteiger partial charge in [0.2, 0.25) is 5.91 Å². The van der Waals surface area contributed by atoms with Crippen molar-refractivity contribution < 1.29 is 14.0 Å². The molecule has 0 saturated carbocycles. The van der Waals surface area contributed by atoms with Crippen LogP contribution in [0.4, 0.5) is 0 Å². The fourth-order valence-corrected chi connectivity index (χ4v) is 2.34. The molecule has 2 rings (SSSR count). The van der Waals surface area contributed by atoms with E-state index in [1.54, 1.807) is 24.1 Å². The second-order valence-corrected chi connectivity index (χ2v) is 5.56. The molecule has 2 aromatic rings. The first kappa shape index (κ1) is 20.7. The molecule has 1 heterocycles. The van der Waals surface area contributed by atoms with Gasteiger partial charge in [-0.05, 0) is 24.7 Å². The molecule has 1 atom stereocenters. The lowest BCUT2D eigenvalue weighted by molar-refractivity contribution is -0.131. The monoisotopic (exact) mass is 365 g/mol. The number of furan rings is 1. The number of benzene rings is 1. The van der Waals surface area contributed by atoms with E-state index in [2.05, 4.69) is 10.6 Å². The summed E-state index contributed by atoms with van der Waals surface area (Å²) in [5.41, 5.74) is 0.984. The van der Waals surface area contributed by atoms with Crippen LogP contribution in [-0.4, -0.2) is 49.9 Å². The van der Waals surface area contributed by atoms with Crippen LogP contribution in [-0.2, 0) is 11.2 Å². The van der Waals surface area contributed by atoms with Crippen LogP contribution in [0.15, 0.2) is 53.1 Å². The van der Waals surface area contributed by atoms with Crippen molar-refractivity contribution in [1.29, 1.82) is 0 Å². The highest BCUT2D eigenvalue weighted by molar-refractivity contribution is 5.95. The van der Waals surface area contributed by atoms with E-state index in [-0.39, 0.29) is 24.1 Å². The lowest BCUT2D eigenvalue weighted by Gasteiger charge is -2.24. The molecule has 0 saturated heterocycles. The minimum Gasteiger partial charge on any atom is -0.459 e. The number of rotatable bonds is 8. The van der Waals surface area contributed by atoms with Gasteiger partial charge in [0.1, 0.15) is 6.04 Å². The highest BCUT2D eigenvalue weighted by Crippen LogP contribution is 2.08. The van der Waals surface area contributed by atoms with E-state index in [1.165, 1.54) is 6.26 Å². The van der Waals surface area contributed by atoms with E-state index in [4.69, 9.17) is 4.42 Å². The fraction of sp³-hybridized carbons (Fsp3) is 0.333. The molecule has 25 heavy (non-hydrogen) atoms. The van der Waals surface area contributed by atoms with Crippen molar-refractivity contribution in [1.82, 2.24) is 15.5 Å². The maximum absolute atomic E-state index is 12.7. The Kier molecular flexibility index (Phi) is 8.74. The van der Waals surface area contributed by atoms with Crippen molar-refractivity contribution in [2.75, 3.05) is 27.2 Å². The molecule has 1 aromatic heterocycles. The summed E-state index contributed by atoms with van der Waals surface area (Å²) < 4.78 is 5.10. The standard InChI is InChI=1S/C18H23N3O3.ClH/c1-19-10-11-21(2)18(23)15(13-14-7-4-3-5-8-14)20-17(22)16-9-6-12-24-16;/h3-9,12,15,19H,10-11,13H2,1-2H3,(H,20,22);1H. The van der Waals surface area contributed by atoms with Crippen molar-refractivity contribution in [2.24, 2.45) is 0 Å². The van der Waals surface area contributed by atoms with Gasteiger partial charge in [0.05, 0.1) is 6.26 Å². The summed E-state index contributed by atoms with van der Waals surface area (Å²) in [6.45, 7) is 1.25. The van der Waals surface area contributed by atoms with Crippen LogP contribution in [0.5, 0.6) is 0 Å². The topological polar surface area (TPSA) is 74.6 Å². The highest BCUT2D eigenvalue weighted by Gasteiger charge is 2.25. The van der Waals surface area contributed by atoms with Crippen LogP contribution in [0, 0.1) is 0 Å². The van der Waals surface area contributed by atoms with Crippen molar-refractivity contribution in [2.45, 2.75) is 12.5 Å². The van der Waals surface area contributed by atoms with Crippen molar-refractivity contribution >= 4 is 24.2 Å². The number of likely N-dealkylation sites (N-methyl/N-ethyl adjacent to an activating group) is 2. The quantitative estimate of drug-likeness (QED) is 0.747. The summed E-state index contributed by atoms with van der Waals surface area (Å²) in [5.74, 6) is -0.330. The third-order valence-corrected chi connectivity index (χ3v) is 3.70. The molecule has 136 valence electrons. The van der Waals surface area contributed by atoms with Crippen molar-refractivity contribution in [3.63, 3.8) is 0 Å². The largest absolute Gasteiger partial charge is 0.459 e. The van der Waals surface area contributed by atoms with Gasteiger partial charge in [0.25, 0.3) is 5.91 Å². The number of nitrogens with one attached hydrogen (secondary N) is 2. The first-order valence-corrected chi connectivity index (χ1v) is 7.89. The Hall–Kier alpha value is -2.31. The lowest BCUT2D eigenvalue weighted by atomic mass is 10.0. The van der Waals surface area contributed by atoms with Gasteiger partial charge < -0.3 is 20.0 Å². The van der Waals surface area contributed by atoms with Gasteiger partial charge in [-0.2, -0.15) is 0 Å². The molecule has 2 N–H and O–H groups in total. The Labute approximate surface area is 154 Å². The minimum atomic E-state index is -0.646. The Morgan fingerprint density at radius 3 is 2.48 bits per heavy atom. The molecule has 0 aliphatic rings. The van der Waals surface area contributed by atoms with E-state index in [1.807, 2.05) is 37.4 Å². The number of halogens is 1. The van der Waals surface area contributed by atoms with Gasteiger partial charge in [-0.15, -0.1) is 12.4 Å². The third-order valence-electron chi connectivity index (χ3n) is 3.70. The van der Waals surface area contributed by atoms with Crippen LogP contribution < -0.4 is 10.6 Å². The zero-order valence-corrected chi connectivity index (χ0v) is 15.2. The normalized spacial score (nSPS) is 11.3. The average molecular weight is 366 g/mol. The molecule has 0 aliphatic heterocycles. The zero-order valence-electron chi connectivity index (χ0n) is 14.4. The van der Waals surface area contributed by atoms with Crippen LogP contribution in [0.3, 0.4) is 0 Å². The highest BCUT2D eigenvalue weighted by atomic mass is 35.5.